The van der Waals surface area contributed by atoms with Gasteiger partial charge in [-0.1, -0.05) is 55.3 Å². The Morgan fingerprint density at radius 2 is 1.55 bits per heavy atom. The van der Waals surface area contributed by atoms with Crippen molar-refractivity contribution in [3.8, 4) is 5.75 Å². The van der Waals surface area contributed by atoms with Gasteiger partial charge in [-0.2, -0.15) is 17.6 Å². The molecule has 0 spiro atoms. The number of alkyl halides is 4. The van der Waals surface area contributed by atoms with E-state index >= 15 is 0 Å². The molecule has 1 aliphatic rings. The van der Waals surface area contributed by atoms with E-state index in [9.17, 15) is 31.1 Å². The zero-order chi connectivity index (χ0) is 27.3. The number of urea groups is 1. The first-order chi connectivity index (χ1) is 18.1. The van der Waals surface area contributed by atoms with E-state index in [-0.39, 0.29) is 18.0 Å². The Labute approximate surface area is 216 Å². The molecule has 0 heterocycles. The van der Waals surface area contributed by atoms with Crippen molar-refractivity contribution < 1.29 is 35.9 Å². The van der Waals surface area contributed by atoms with Crippen LogP contribution in [-0.4, -0.2) is 24.6 Å². The lowest BCUT2D eigenvalue weighted by Gasteiger charge is -2.37. The van der Waals surface area contributed by atoms with Gasteiger partial charge in [-0.15, -0.1) is 0 Å². The minimum absolute atomic E-state index is 0.00824. The summed E-state index contributed by atoms with van der Waals surface area (Å²) in [6.07, 6.45) is -5.60. The Hall–Kier alpha value is -3.69. The van der Waals surface area contributed by atoms with Crippen molar-refractivity contribution >= 4 is 6.03 Å². The summed E-state index contributed by atoms with van der Waals surface area (Å²) in [7, 11) is 0. The van der Waals surface area contributed by atoms with Crippen LogP contribution in [0, 0.1) is 11.6 Å². The first-order valence-corrected chi connectivity index (χ1v) is 12.1. The molecule has 0 aromatic heterocycles. The molecule has 38 heavy (non-hydrogen) atoms. The van der Waals surface area contributed by atoms with Crippen LogP contribution in [0.3, 0.4) is 0 Å². The number of carbonyl (C=O) groups is 1. The number of hydrogen-bond donors (Lipinski definition) is 2. The normalized spacial score (nSPS) is 15.8. The predicted octanol–water partition coefficient (Wildman–Crippen LogP) is 6.93. The fourth-order valence-corrected chi connectivity index (χ4v) is 4.75. The maximum absolute atomic E-state index is 14.8. The Morgan fingerprint density at radius 1 is 0.895 bits per heavy atom. The summed E-state index contributed by atoms with van der Waals surface area (Å²) in [6, 6.07) is 15.6. The molecule has 2 N–H and O–H groups in total. The van der Waals surface area contributed by atoms with Gasteiger partial charge in [-0.3, -0.25) is 0 Å². The molecule has 4 rings (SSSR count). The largest absolute Gasteiger partial charge is 0.461 e. The first kappa shape index (κ1) is 27.3. The number of ether oxygens (including phenoxy) is 1. The summed E-state index contributed by atoms with van der Waals surface area (Å²) >= 11 is 0. The van der Waals surface area contributed by atoms with Gasteiger partial charge in [-0.05, 0) is 53.8 Å². The van der Waals surface area contributed by atoms with Crippen LogP contribution in [0.2, 0.25) is 0 Å². The smallest absolute Gasteiger partial charge is 0.428 e. The van der Waals surface area contributed by atoms with Crippen LogP contribution >= 0.6 is 0 Å². The van der Waals surface area contributed by atoms with E-state index in [2.05, 4.69) is 15.4 Å². The molecule has 10 heteroatoms. The third-order valence-corrected chi connectivity index (χ3v) is 6.54. The number of nitrogens with one attached hydrogen (secondary N) is 2. The maximum atomic E-state index is 14.8. The standard InChI is InChI=1S/C28H26F6N2O2/c29-21-12-10-19(11-13-21)27(17-18-6-2-1-3-7-18,36-26(37)35-23-8-4-5-9-23)20-14-22(30)16-24(15-20)38-28(33,34)25(31)32/h1-3,6-7,10-16,23,25H,4-5,8-9,17H2,(H2,35,36,37)/t27-/m1/s1. The average Bonchev–Trinajstić information content (AvgIpc) is 3.37. The lowest BCUT2D eigenvalue weighted by molar-refractivity contribution is -0.253. The van der Waals surface area contributed by atoms with Crippen molar-refractivity contribution in [2.24, 2.45) is 0 Å². The van der Waals surface area contributed by atoms with Gasteiger partial charge >= 0.3 is 18.6 Å². The number of carbonyl (C=O) groups excluding carboxylic acids is 1. The summed E-state index contributed by atoms with van der Waals surface area (Å²) in [5, 5.41) is 5.75. The summed E-state index contributed by atoms with van der Waals surface area (Å²) < 4.78 is 86.0. The SMILES string of the molecule is O=C(NC1CCCC1)N[C@](Cc1ccccc1)(c1ccc(F)cc1)c1cc(F)cc(OC(F)(F)C(F)F)c1. The molecule has 1 fully saturated rings. The Kier molecular flexibility index (Phi) is 8.18. The van der Waals surface area contributed by atoms with Gasteiger partial charge in [0.2, 0.25) is 0 Å². The molecular weight excluding hydrogens is 510 g/mol. The van der Waals surface area contributed by atoms with Crippen LogP contribution in [0.5, 0.6) is 5.75 Å². The molecule has 1 atom stereocenters. The molecule has 0 saturated heterocycles. The molecule has 2 amide bonds. The number of benzene rings is 3. The molecule has 3 aromatic carbocycles. The van der Waals surface area contributed by atoms with Crippen molar-refractivity contribution in [3.63, 3.8) is 0 Å². The van der Waals surface area contributed by atoms with Crippen molar-refractivity contribution in [2.45, 2.75) is 56.2 Å². The van der Waals surface area contributed by atoms with E-state index in [1.807, 2.05) is 0 Å². The van der Waals surface area contributed by atoms with Crippen LogP contribution in [0.25, 0.3) is 0 Å². The van der Waals surface area contributed by atoms with Crippen molar-refractivity contribution in [1.29, 1.82) is 0 Å². The zero-order valence-electron chi connectivity index (χ0n) is 20.2. The average molecular weight is 537 g/mol. The highest BCUT2D eigenvalue weighted by Gasteiger charge is 2.45. The fourth-order valence-electron chi connectivity index (χ4n) is 4.75. The van der Waals surface area contributed by atoms with E-state index in [0.717, 1.165) is 49.9 Å². The third-order valence-electron chi connectivity index (χ3n) is 6.54. The second-order valence-electron chi connectivity index (χ2n) is 9.29. The Bertz CT molecular complexity index is 1230. The molecule has 0 radical (unpaired) electrons. The molecule has 4 nitrogen and oxygen atoms in total. The Morgan fingerprint density at radius 3 is 2.18 bits per heavy atom. The van der Waals surface area contributed by atoms with Crippen molar-refractivity contribution in [3.05, 3.63) is 101 Å². The third kappa shape index (κ3) is 6.41. The van der Waals surface area contributed by atoms with Gasteiger partial charge in [-0.25, -0.2) is 13.6 Å². The van der Waals surface area contributed by atoms with E-state index < -0.39 is 41.5 Å². The van der Waals surface area contributed by atoms with Crippen LogP contribution in [-0.2, 0) is 12.0 Å². The quantitative estimate of drug-likeness (QED) is 0.292. The van der Waals surface area contributed by atoms with Gasteiger partial charge < -0.3 is 15.4 Å². The molecular formula is C28H26F6N2O2. The van der Waals surface area contributed by atoms with Gasteiger partial charge in [0.05, 0.1) is 5.54 Å². The van der Waals surface area contributed by atoms with E-state index in [1.54, 1.807) is 30.3 Å². The molecule has 3 aromatic rings. The highest BCUT2D eigenvalue weighted by Crippen LogP contribution is 2.38. The Balaban J connectivity index is 1.86. The van der Waals surface area contributed by atoms with E-state index in [4.69, 9.17) is 0 Å². The first-order valence-electron chi connectivity index (χ1n) is 12.1. The van der Waals surface area contributed by atoms with Crippen molar-refractivity contribution in [2.75, 3.05) is 0 Å². The van der Waals surface area contributed by atoms with Crippen LogP contribution in [0.1, 0.15) is 42.4 Å². The molecule has 202 valence electrons. The van der Waals surface area contributed by atoms with Crippen LogP contribution in [0.15, 0.2) is 72.8 Å². The molecule has 1 aliphatic carbocycles. The lowest BCUT2D eigenvalue weighted by atomic mass is 9.77. The van der Waals surface area contributed by atoms with Crippen LogP contribution < -0.4 is 15.4 Å². The minimum Gasteiger partial charge on any atom is -0.428 e. The number of hydrogen-bond acceptors (Lipinski definition) is 2. The molecule has 1 saturated carbocycles. The summed E-state index contributed by atoms with van der Waals surface area (Å²) in [5.41, 5.74) is -0.711. The van der Waals surface area contributed by atoms with Gasteiger partial charge in [0.25, 0.3) is 0 Å². The van der Waals surface area contributed by atoms with Crippen molar-refractivity contribution in [1.82, 2.24) is 10.6 Å². The molecule has 0 unspecified atom stereocenters. The molecule has 0 bridgehead atoms. The molecule has 0 aliphatic heterocycles. The zero-order valence-corrected chi connectivity index (χ0v) is 20.2. The predicted molar refractivity (Wildman–Crippen MR) is 129 cm³/mol. The van der Waals surface area contributed by atoms with Gasteiger partial charge in [0.15, 0.2) is 0 Å². The van der Waals surface area contributed by atoms with Gasteiger partial charge in [0, 0.05) is 18.5 Å². The minimum atomic E-state index is -4.88. The van der Waals surface area contributed by atoms with E-state index in [1.165, 1.54) is 12.1 Å². The second kappa shape index (κ2) is 11.4. The van der Waals surface area contributed by atoms with E-state index in [0.29, 0.717) is 17.2 Å². The van der Waals surface area contributed by atoms with Crippen LogP contribution in [0.4, 0.5) is 31.1 Å². The number of amides is 2. The number of rotatable bonds is 9. The fraction of sp³-hybridized carbons (Fsp3) is 0.321. The summed E-state index contributed by atoms with van der Waals surface area (Å²) in [5.74, 6) is -2.49. The highest BCUT2D eigenvalue weighted by atomic mass is 19.3. The monoisotopic (exact) mass is 536 g/mol. The number of halogens is 6. The highest BCUT2D eigenvalue weighted by molar-refractivity contribution is 5.76. The second-order valence-corrected chi connectivity index (χ2v) is 9.29. The maximum Gasteiger partial charge on any atom is 0.461 e. The summed E-state index contributed by atoms with van der Waals surface area (Å²) in [4.78, 5) is 13.3. The topological polar surface area (TPSA) is 50.4 Å². The lowest BCUT2D eigenvalue weighted by Crippen LogP contribution is -2.53. The summed E-state index contributed by atoms with van der Waals surface area (Å²) in [6.45, 7) is 0. The van der Waals surface area contributed by atoms with Gasteiger partial charge in [0.1, 0.15) is 17.4 Å².